The minimum atomic E-state index is 0.814. The molecule has 0 saturated carbocycles. The first-order valence-electron chi connectivity index (χ1n) is 7.13. The normalized spacial score (nSPS) is 10.6. The van der Waals surface area contributed by atoms with Crippen LogP contribution in [0, 0.1) is 6.92 Å². The van der Waals surface area contributed by atoms with E-state index in [1.54, 1.807) is 11.9 Å². The van der Waals surface area contributed by atoms with E-state index in [2.05, 4.69) is 51.9 Å². The molecular formula is C18H17N3S. The van der Waals surface area contributed by atoms with Gasteiger partial charge in [-0.25, -0.2) is 0 Å². The van der Waals surface area contributed by atoms with Crippen molar-refractivity contribution in [3.63, 3.8) is 0 Å². The minimum absolute atomic E-state index is 0.814. The summed E-state index contributed by atoms with van der Waals surface area (Å²) in [4.78, 5) is 9.61. The van der Waals surface area contributed by atoms with Gasteiger partial charge in [0.05, 0.1) is 5.69 Å². The number of nitrogens with one attached hydrogen (secondary N) is 1. The Morgan fingerprint density at radius 3 is 2.45 bits per heavy atom. The molecule has 3 nitrogen and oxygen atoms in total. The fourth-order valence-electron chi connectivity index (χ4n) is 2.09. The van der Waals surface area contributed by atoms with Crippen molar-refractivity contribution in [1.82, 2.24) is 14.7 Å². The lowest BCUT2D eigenvalue weighted by Gasteiger charge is -2.06. The predicted molar refractivity (Wildman–Crippen MR) is 91.3 cm³/mol. The topological polar surface area (TPSA) is 37.8 Å². The Labute approximate surface area is 135 Å². The molecule has 1 N–H and O–H groups in total. The van der Waals surface area contributed by atoms with Gasteiger partial charge in [-0.1, -0.05) is 12.1 Å². The second kappa shape index (κ2) is 7.20. The molecule has 0 unspecified atom stereocenters. The fourth-order valence-corrected chi connectivity index (χ4v) is 2.77. The highest BCUT2D eigenvalue weighted by atomic mass is 32.2. The highest BCUT2D eigenvalue weighted by Gasteiger charge is 2.00. The Bertz CT molecular complexity index is 727. The van der Waals surface area contributed by atoms with E-state index in [-0.39, 0.29) is 0 Å². The van der Waals surface area contributed by atoms with Crippen LogP contribution in [0.3, 0.4) is 0 Å². The van der Waals surface area contributed by atoms with Gasteiger partial charge < -0.3 is 0 Å². The number of hydrogen-bond acceptors (Lipinski definition) is 4. The third kappa shape index (κ3) is 3.93. The van der Waals surface area contributed by atoms with E-state index in [0.717, 1.165) is 17.8 Å². The van der Waals surface area contributed by atoms with Gasteiger partial charge in [-0.05, 0) is 66.4 Å². The second-order valence-corrected chi connectivity index (χ2v) is 5.99. The van der Waals surface area contributed by atoms with Crippen molar-refractivity contribution in [2.75, 3.05) is 0 Å². The van der Waals surface area contributed by atoms with Crippen molar-refractivity contribution in [1.29, 1.82) is 0 Å². The van der Waals surface area contributed by atoms with Crippen LogP contribution in [0.5, 0.6) is 0 Å². The summed E-state index contributed by atoms with van der Waals surface area (Å²) in [6, 6.07) is 16.6. The predicted octanol–water partition coefficient (Wildman–Crippen LogP) is 4.25. The van der Waals surface area contributed by atoms with Crippen LogP contribution in [0.15, 0.2) is 72.0 Å². The lowest BCUT2D eigenvalue weighted by Crippen LogP contribution is -2.02. The summed E-state index contributed by atoms with van der Waals surface area (Å²) in [5.41, 5.74) is 4.61. The van der Waals surface area contributed by atoms with Gasteiger partial charge in [0.15, 0.2) is 0 Å². The zero-order valence-corrected chi connectivity index (χ0v) is 13.2. The monoisotopic (exact) mass is 307 g/mol. The number of aryl methyl sites for hydroxylation is 1. The van der Waals surface area contributed by atoms with Crippen LogP contribution in [0.4, 0.5) is 0 Å². The van der Waals surface area contributed by atoms with Gasteiger partial charge in [-0.15, -0.1) is 0 Å². The Hall–Kier alpha value is -2.17. The molecule has 0 fully saturated rings. The van der Waals surface area contributed by atoms with E-state index in [1.165, 1.54) is 16.0 Å². The van der Waals surface area contributed by atoms with Crippen molar-refractivity contribution < 1.29 is 0 Å². The van der Waals surface area contributed by atoms with E-state index < -0.39 is 0 Å². The number of pyridine rings is 2. The number of nitrogens with zero attached hydrogens (tertiary/aromatic N) is 2. The van der Waals surface area contributed by atoms with Crippen LogP contribution < -0.4 is 4.72 Å². The summed E-state index contributed by atoms with van der Waals surface area (Å²) in [6.45, 7) is 2.90. The molecule has 0 amide bonds. The third-order valence-corrected chi connectivity index (χ3v) is 4.08. The highest BCUT2D eigenvalue weighted by molar-refractivity contribution is 7.97. The van der Waals surface area contributed by atoms with E-state index in [9.17, 15) is 0 Å². The molecule has 3 rings (SSSR count). The molecule has 0 atom stereocenters. The molecule has 0 aliphatic heterocycles. The molecule has 22 heavy (non-hydrogen) atoms. The lowest BCUT2D eigenvalue weighted by atomic mass is 10.1. The zero-order chi connectivity index (χ0) is 15.2. The first-order valence-corrected chi connectivity index (χ1v) is 7.94. The molecule has 0 aliphatic rings. The van der Waals surface area contributed by atoms with Crippen LogP contribution in [-0.4, -0.2) is 9.97 Å². The fraction of sp³-hybridized carbons (Fsp3) is 0.111. The Morgan fingerprint density at radius 2 is 1.73 bits per heavy atom. The minimum Gasteiger partial charge on any atom is -0.265 e. The van der Waals surface area contributed by atoms with Crippen LogP contribution in [0.2, 0.25) is 0 Å². The maximum absolute atomic E-state index is 4.41. The largest absolute Gasteiger partial charge is 0.265 e. The first kappa shape index (κ1) is 14.8. The van der Waals surface area contributed by atoms with Crippen LogP contribution in [-0.2, 0) is 6.54 Å². The van der Waals surface area contributed by atoms with Crippen molar-refractivity contribution in [2.45, 2.75) is 18.4 Å². The zero-order valence-electron chi connectivity index (χ0n) is 12.4. The van der Waals surface area contributed by atoms with Gasteiger partial charge in [0.2, 0.25) is 0 Å². The third-order valence-electron chi connectivity index (χ3n) is 3.28. The van der Waals surface area contributed by atoms with Crippen LogP contribution in [0.25, 0.3) is 11.3 Å². The quantitative estimate of drug-likeness (QED) is 0.715. The van der Waals surface area contributed by atoms with Gasteiger partial charge in [0.25, 0.3) is 0 Å². The maximum atomic E-state index is 4.41. The lowest BCUT2D eigenvalue weighted by molar-refractivity contribution is 0.969. The van der Waals surface area contributed by atoms with Crippen molar-refractivity contribution in [2.24, 2.45) is 0 Å². The number of benzene rings is 1. The Morgan fingerprint density at radius 1 is 0.955 bits per heavy atom. The average Bonchev–Trinajstić information content (AvgIpc) is 2.56. The van der Waals surface area contributed by atoms with Crippen molar-refractivity contribution in [3.05, 3.63) is 78.2 Å². The molecule has 0 spiro atoms. The van der Waals surface area contributed by atoms with E-state index in [0.29, 0.717) is 0 Å². The van der Waals surface area contributed by atoms with Gasteiger partial charge in [-0.2, -0.15) is 0 Å². The summed E-state index contributed by atoms with van der Waals surface area (Å²) in [5.74, 6) is 0. The smallest absolute Gasteiger partial charge is 0.0704 e. The molecule has 2 aromatic heterocycles. The van der Waals surface area contributed by atoms with E-state index in [4.69, 9.17) is 0 Å². The van der Waals surface area contributed by atoms with E-state index >= 15 is 0 Å². The van der Waals surface area contributed by atoms with E-state index in [1.807, 2.05) is 36.8 Å². The van der Waals surface area contributed by atoms with Gasteiger partial charge in [0.1, 0.15) is 0 Å². The van der Waals surface area contributed by atoms with Gasteiger partial charge >= 0.3 is 0 Å². The number of rotatable bonds is 5. The molecule has 0 bridgehead atoms. The molecule has 3 aromatic rings. The van der Waals surface area contributed by atoms with Gasteiger partial charge in [0, 0.05) is 35.6 Å². The molecule has 1 aromatic carbocycles. The van der Waals surface area contributed by atoms with Crippen molar-refractivity contribution >= 4 is 11.9 Å². The number of aromatic nitrogens is 2. The maximum Gasteiger partial charge on any atom is 0.0704 e. The van der Waals surface area contributed by atoms with Gasteiger partial charge in [-0.3, -0.25) is 14.7 Å². The summed E-state index contributed by atoms with van der Waals surface area (Å²) in [7, 11) is 0. The molecule has 0 aliphatic carbocycles. The standard InChI is InChI=1S/C18H17N3S/c1-14-6-11-20-18(12-14)16-2-4-17(5-3-16)22-21-13-15-7-9-19-10-8-15/h2-12,21H,13H2,1H3. The van der Waals surface area contributed by atoms with Crippen LogP contribution >= 0.6 is 11.9 Å². The molecule has 0 saturated heterocycles. The molecule has 0 radical (unpaired) electrons. The molecule has 110 valence electrons. The summed E-state index contributed by atoms with van der Waals surface area (Å²) in [6.07, 6.45) is 5.47. The Kier molecular flexibility index (Phi) is 4.83. The second-order valence-electron chi connectivity index (χ2n) is 5.02. The molecule has 2 heterocycles. The Balaban J connectivity index is 1.60. The van der Waals surface area contributed by atoms with Crippen molar-refractivity contribution in [3.8, 4) is 11.3 Å². The molecular weight excluding hydrogens is 290 g/mol. The summed E-state index contributed by atoms with van der Waals surface area (Å²) < 4.78 is 3.36. The SMILES string of the molecule is Cc1ccnc(-c2ccc(SNCc3ccncc3)cc2)c1. The summed E-state index contributed by atoms with van der Waals surface area (Å²) >= 11 is 1.63. The highest BCUT2D eigenvalue weighted by Crippen LogP contribution is 2.22. The average molecular weight is 307 g/mol. The number of hydrogen-bond donors (Lipinski definition) is 1. The molecule has 4 heteroatoms. The van der Waals surface area contributed by atoms with Crippen LogP contribution in [0.1, 0.15) is 11.1 Å². The summed E-state index contributed by atoms with van der Waals surface area (Å²) in [5, 5.41) is 0. The first-order chi connectivity index (χ1) is 10.8.